The molecule has 0 spiro atoms. The molecule has 0 saturated heterocycles. The Morgan fingerprint density at radius 2 is 1.94 bits per heavy atom. The van der Waals surface area contributed by atoms with Crippen LogP contribution in [0.15, 0.2) is 0 Å². The molecule has 0 aromatic rings. The number of carbonyl (C=O) groups excluding carboxylic acids is 1. The predicted molar refractivity (Wildman–Crippen MR) is 65.2 cm³/mol. The Bertz CT molecular complexity index is 355. The molecule has 0 aromatic carbocycles. The highest BCUT2D eigenvalue weighted by Gasteiger charge is 2.57. The molecule has 3 fully saturated rings. The van der Waals surface area contributed by atoms with Gasteiger partial charge in [-0.25, -0.2) is 9.59 Å². The van der Waals surface area contributed by atoms with E-state index in [9.17, 15) is 9.59 Å². The lowest BCUT2D eigenvalue weighted by atomic mass is 9.43. The van der Waals surface area contributed by atoms with Crippen molar-refractivity contribution in [2.24, 2.45) is 11.3 Å². The van der Waals surface area contributed by atoms with Crippen LogP contribution in [-0.4, -0.2) is 28.8 Å². The summed E-state index contributed by atoms with van der Waals surface area (Å²) in [6.07, 6.45) is 3.23. The molecule has 0 aromatic heterocycles. The Morgan fingerprint density at radius 3 is 2.28 bits per heavy atom. The number of carboxylic acid groups (broad SMARTS) is 1. The number of carboxylic acids is 1. The first-order valence-corrected chi connectivity index (χ1v) is 6.41. The fraction of sp³-hybridized carbons (Fsp3) is 0.846. The van der Waals surface area contributed by atoms with Crippen LogP contribution in [0.2, 0.25) is 0 Å². The summed E-state index contributed by atoms with van der Waals surface area (Å²) in [6.45, 7) is 5.26. The van der Waals surface area contributed by atoms with Crippen LogP contribution >= 0.6 is 0 Å². The van der Waals surface area contributed by atoms with E-state index in [-0.39, 0.29) is 5.41 Å². The van der Waals surface area contributed by atoms with Crippen LogP contribution in [0.25, 0.3) is 0 Å². The fourth-order valence-electron chi connectivity index (χ4n) is 2.99. The molecule has 0 aliphatic heterocycles. The van der Waals surface area contributed by atoms with Crippen molar-refractivity contribution in [2.75, 3.05) is 0 Å². The van der Waals surface area contributed by atoms with Crippen molar-refractivity contribution < 1.29 is 19.4 Å². The molecule has 5 heteroatoms. The molecule has 3 rings (SSSR count). The van der Waals surface area contributed by atoms with Crippen LogP contribution in [0.5, 0.6) is 0 Å². The summed E-state index contributed by atoms with van der Waals surface area (Å²) in [5, 5.41) is 11.6. The van der Waals surface area contributed by atoms with Gasteiger partial charge in [-0.05, 0) is 57.8 Å². The van der Waals surface area contributed by atoms with Gasteiger partial charge in [-0.3, -0.25) is 0 Å². The number of alkyl carbamates (subject to hydrolysis) is 1. The third-order valence-electron chi connectivity index (χ3n) is 3.79. The molecule has 1 amide bonds. The third-order valence-corrected chi connectivity index (χ3v) is 3.79. The van der Waals surface area contributed by atoms with Gasteiger partial charge >= 0.3 is 12.1 Å². The van der Waals surface area contributed by atoms with E-state index in [1.54, 1.807) is 20.8 Å². The maximum atomic E-state index is 11.6. The number of carbonyl (C=O) groups is 2. The van der Waals surface area contributed by atoms with Gasteiger partial charge < -0.3 is 15.2 Å². The molecule has 5 nitrogen and oxygen atoms in total. The molecule has 1 atom stereocenters. The van der Waals surface area contributed by atoms with Crippen LogP contribution < -0.4 is 5.32 Å². The monoisotopic (exact) mass is 255 g/mol. The maximum Gasteiger partial charge on any atom is 0.408 e. The molecule has 18 heavy (non-hydrogen) atoms. The Labute approximate surface area is 107 Å². The second kappa shape index (κ2) is 4.14. The van der Waals surface area contributed by atoms with Gasteiger partial charge in [0.25, 0.3) is 0 Å². The Balaban J connectivity index is 1.86. The van der Waals surface area contributed by atoms with Gasteiger partial charge in [0.2, 0.25) is 0 Å². The minimum atomic E-state index is -0.981. The molecule has 2 N–H and O–H groups in total. The molecule has 102 valence electrons. The summed E-state index contributed by atoms with van der Waals surface area (Å²) in [6, 6.07) is -0.832. The van der Waals surface area contributed by atoms with Crippen molar-refractivity contribution in [1.82, 2.24) is 5.32 Å². The van der Waals surface area contributed by atoms with Crippen molar-refractivity contribution in [3.05, 3.63) is 0 Å². The minimum absolute atomic E-state index is 0.183. The quantitative estimate of drug-likeness (QED) is 0.807. The number of amides is 1. The maximum absolute atomic E-state index is 11.6. The van der Waals surface area contributed by atoms with Gasteiger partial charge in [0.05, 0.1) is 0 Å². The van der Waals surface area contributed by atoms with Gasteiger partial charge in [-0.1, -0.05) is 0 Å². The molecule has 3 saturated carbocycles. The zero-order valence-electron chi connectivity index (χ0n) is 11.2. The molecule has 0 heterocycles. The van der Waals surface area contributed by atoms with Crippen molar-refractivity contribution in [2.45, 2.75) is 58.1 Å². The number of aliphatic carboxylic acids is 1. The molecule has 3 aliphatic rings. The Hall–Kier alpha value is -1.26. The first kappa shape index (κ1) is 13.2. The van der Waals surface area contributed by atoms with Gasteiger partial charge in [-0.15, -0.1) is 0 Å². The van der Waals surface area contributed by atoms with Crippen molar-refractivity contribution in [1.29, 1.82) is 0 Å². The third kappa shape index (κ3) is 2.76. The van der Waals surface area contributed by atoms with Crippen molar-refractivity contribution in [3.8, 4) is 0 Å². The largest absolute Gasteiger partial charge is 0.480 e. The average molecular weight is 255 g/mol. The van der Waals surface area contributed by atoms with Crippen molar-refractivity contribution in [3.63, 3.8) is 0 Å². The lowest BCUT2D eigenvalue weighted by molar-refractivity contribution is -0.149. The molecule has 0 radical (unpaired) electrons. The van der Waals surface area contributed by atoms with E-state index in [0.29, 0.717) is 6.42 Å². The van der Waals surface area contributed by atoms with E-state index in [4.69, 9.17) is 9.84 Å². The summed E-state index contributed by atoms with van der Waals surface area (Å²) >= 11 is 0. The normalized spacial score (nSPS) is 30.7. The van der Waals surface area contributed by atoms with Crippen LogP contribution in [-0.2, 0) is 9.53 Å². The highest BCUT2D eigenvalue weighted by Crippen LogP contribution is 2.66. The van der Waals surface area contributed by atoms with Crippen LogP contribution in [0.1, 0.15) is 46.5 Å². The topological polar surface area (TPSA) is 75.6 Å². The average Bonchev–Trinajstić information content (AvgIpc) is 2.02. The van der Waals surface area contributed by atoms with Gasteiger partial charge in [-0.2, -0.15) is 0 Å². The molecule has 2 bridgehead atoms. The van der Waals surface area contributed by atoms with Crippen LogP contribution in [0.3, 0.4) is 0 Å². The van der Waals surface area contributed by atoms with E-state index < -0.39 is 23.7 Å². The molecule has 0 unspecified atom stereocenters. The second-order valence-corrected chi connectivity index (χ2v) is 6.72. The first-order valence-electron chi connectivity index (χ1n) is 6.41. The predicted octanol–water partition coefficient (Wildman–Crippen LogP) is 2.15. The van der Waals surface area contributed by atoms with E-state index in [0.717, 1.165) is 25.2 Å². The molecular formula is C13H21NO4. The fourth-order valence-corrected chi connectivity index (χ4v) is 2.99. The minimum Gasteiger partial charge on any atom is -0.480 e. The van der Waals surface area contributed by atoms with E-state index in [1.807, 2.05) is 0 Å². The van der Waals surface area contributed by atoms with Gasteiger partial charge in [0.1, 0.15) is 11.6 Å². The highest BCUT2D eigenvalue weighted by atomic mass is 16.6. The molecular weight excluding hydrogens is 234 g/mol. The van der Waals surface area contributed by atoms with Gasteiger partial charge in [0.15, 0.2) is 0 Å². The summed E-state index contributed by atoms with van der Waals surface area (Å²) in [5.74, 6) is -0.174. The van der Waals surface area contributed by atoms with Crippen LogP contribution in [0, 0.1) is 11.3 Å². The number of hydrogen-bond donors (Lipinski definition) is 2. The molecule has 3 aliphatic carbocycles. The summed E-state index contributed by atoms with van der Waals surface area (Å²) < 4.78 is 5.08. The van der Waals surface area contributed by atoms with E-state index in [2.05, 4.69) is 5.32 Å². The lowest BCUT2D eigenvalue weighted by Gasteiger charge is -2.62. The standard InChI is InChI=1S/C13H21NO4/c1-12(2,3)18-11(17)14-9(10(15)16)7-13-4-8(5-13)6-13/h8-9H,4-7H2,1-3H3,(H,14,17)(H,15,16)/t8?,9-,13?/m1/s1. The zero-order valence-corrected chi connectivity index (χ0v) is 11.2. The van der Waals surface area contributed by atoms with E-state index in [1.165, 1.54) is 0 Å². The number of ether oxygens (including phenoxy) is 1. The number of hydrogen-bond acceptors (Lipinski definition) is 3. The summed E-state index contributed by atoms with van der Waals surface area (Å²) in [4.78, 5) is 22.7. The SMILES string of the molecule is CC(C)(C)OC(=O)N[C@H](CC12CC(C1)C2)C(=O)O. The smallest absolute Gasteiger partial charge is 0.408 e. The van der Waals surface area contributed by atoms with E-state index >= 15 is 0 Å². The Kier molecular flexibility index (Phi) is 3.03. The van der Waals surface area contributed by atoms with Crippen molar-refractivity contribution >= 4 is 12.1 Å². The highest BCUT2D eigenvalue weighted by molar-refractivity contribution is 5.80. The summed E-state index contributed by atoms with van der Waals surface area (Å²) in [7, 11) is 0. The first-order chi connectivity index (χ1) is 8.19. The van der Waals surface area contributed by atoms with Crippen LogP contribution in [0.4, 0.5) is 4.79 Å². The van der Waals surface area contributed by atoms with Gasteiger partial charge in [0, 0.05) is 0 Å². The number of nitrogens with one attached hydrogen (secondary N) is 1. The Morgan fingerprint density at radius 1 is 1.39 bits per heavy atom. The second-order valence-electron chi connectivity index (χ2n) is 6.72. The lowest BCUT2D eigenvalue weighted by Crippen LogP contribution is -2.56. The number of rotatable bonds is 4. The summed E-state index contributed by atoms with van der Waals surface area (Å²) in [5.41, 5.74) is -0.424. The zero-order chi connectivity index (χ0) is 13.6.